The first kappa shape index (κ1) is 14.0. The van der Waals surface area contributed by atoms with Gasteiger partial charge in [0.1, 0.15) is 11.6 Å². The van der Waals surface area contributed by atoms with E-state index < -0.39 is 0 Å². The topological polar surface area (TPSA) is 17.8 Å². The molecule has 0 unspecified atom stereocenters. The molecule has 21 heavy (non-hydrogen) atoms. The molecule has 2 saturated carbocycles. The van der Waals surface area contributed by atoms with E-state index in [-0.39, 0.29) is 5.82 Å². The summed E-state index contributed by atoms with van der Waals surface area (Å²) in [4.78, 5) is 4.73. The Labute approximate surface area is 136 Å². The van der Waals surface area contributed by atoms with Crippen LogP contribution in [0.4, 0.5) is 4.39 Å². The van der Waals surface area contributed by atoms with Gasteiger partial charge in [0.15, 0.2) is 0 Å². The average molecular weight is 372 g/mol. The first-order valence-corrected chi connectivity index (χ1v) is 8.93. The first-order valence-electron chi connectivity index (χ1n) is 7.61. The van der Waals surface area contributed by atoms with Gasteiger partial charge >= 0.3 is 0 Å². The quantitative estimate of drug-likeness (QED) is 0.670. The van der Waals surface area contributed by atoms with Gasteiger partial charge in [0.25, 0.3) is 0 Å². The van der Waals surface area contributed by atoms with E-state index in [0.29, 0.717) is 16.4 Å². The Hall–Kier alpha value is -0.610. The standard InChI is InChI=1S/C16H17BrClFN2/c17-11-7-13-14(8-12(11)19)21(15(20-13)5-6-18)16(9-1-2-9)10-3-4-10/h7-10,16H,1-6H2. The highest BCUT2D eigenvalue weighted by molar-refractivity contribution is 9.10. The molecule has 2 nitrogen and oxygen atoms in total. The fourth-order valence-electron chi connectivity index (χ4n) is 3.42. The lowest BCUT2D eigenvalue weighted by atomic mass is 10.1. The van der Waals surface area contributed by atoms with Gasteiger partial charge in [-0.05, 0) is 59.5 Å². The van der Waals surface area contributed by atoms with Crippen molar-refractivity contribution in [1.29, 1.82) is 0 Å². The fraction of sp³-hybridized carbons (Fsp3) is 0.562. The maximum Gasteiger partial charge on any atom is 0.139 e. The van der Waals surface area contributed by atoms with Crippen LogP contribution in [-0.2, 0) is 6.42 Å². The number of fused-ring (bicyclic) bond motifs is 1. The maximum absolute atomic E-state index is 14.0. The SMILES string of the molecule is Fc1cc2c(cc1Br)nc(CCCl)n2C(C1CC1)C1CC1. The molecule has 0 saturated heterocycles. The summed E-state index contributed by atoms with van der Waals surface area (Å²) in [7, 11) is 0. The second-order valence-corrected chi connectivity index (χ2v) is 7.49. The monoisotopic (exact) mass is 370 g/mol. The molecule has 112 valence electrons. The van der Waals surface area contributed by atoms with E-state index in [0.717, 1.165) is 35.1 Å². The van der Waals surface area contributed by atoms with E-state index in [4.69, 9.17) is 16.6 Å². The smallest absolute Gasteiger partial charge is 0.139 e. The van der Waals surface area contributed by atoms with Crippen LogP contribution in [0.3, 0.4) is 0 Å². The van der Waals surface area contributed by atoms with E-state index in [9.17, 15) is 4.39 Å². The Kier molecular flexibility index (Phi) is 3.49. The molecule has 4 rings (SSSR count). The van der Waals surface area contributed by atoms with Crippen LogP contribution in [-0.4, -0.2) is 15.4 Å². The average Bonchev–Trinajstić information content (AvgIpc) is 3.34. The highest BCUT2D eigenvalue weighted by Crippen LogP contribution is 2.53. The van der Waals surface area contributed by atoms with Gasteiger partial charge in [-0.3, -0.25) is 0 Å². The van der Waals surface area contributed by atoms with Crippen molar-refractivity contribution in [2.45, 2.75) is 38.1 Å². The number of benzene rings is 1. The number of aryl methyl sites for hydroxylation is 1. The van der Waals surface area contributed by atoms with Gasteiger partial charge in [-0.15, -0.1) is 11.6 Å². The zero-order chi connectivity index (χ0) is 14.6. The van der Waals surface area contributed by atoms with Crippen molar-refractivity contribution in [2.24, 2.45) is 11.8 Å². The zero-order valence-corrected chi connectivity index (χ0v) is 14.0. The highest BCUT2D eigenvalue weighted by atomic mass is 79.9. The van der Waals surface area contributed by atoms with E-state index in [1.165, 1.54) is 25.7 Å². The molecule has 1 heterocycles. The lowest BCUT2D eigenvalue weighted by Crippen LogP contribution is -2.17. The van der Waals surface area contributed by atoms with Crippen molar-refractivity contribution >= 4 is 38.6 Å². The van der Waals surface area contributed by atoms with Gasteiger partial charge in [0.2, 0.25) is 0 Å². The summed E-state index contributed by atoms with van der Waals surface area (Å²) in [5, 5.41) is 0. The molecular formula is C16H17BrClFN2. The molecule has 0 bridgehead atoms. The summed E-state index contributed by atoms with van der Waals surface area (Å²) < 4.78 is 16.8. The summed E-state index contributed by atoms with van der Waals surface area (Å²) >= 11 is 9.21. The third kappa shape index (κ3) is 2.50. The number of aromatic nitrogens is 2. The van der Waals surface area contributed by atoms with Gasteiger partial charge in [0.05, 0.1) is 15.5 Å². The molecule has 0 spiro atoms. The van der Waals surface area contributed by atoms with Crippen LogP contribution in [0.5, 0.6) is 0 Å². The minimum absolute atomic E-state index is 0.216. The maximum atomic E-state index is 14.0. The Morgan fingerprint density at radius 2 is 1.95 bits per heavy atom. The first-order chi connectivity index (χ1) is 10.2. The van der Waals surface area contributed by atoms with Crippen LogP contribution in [0.1, 0.15) is 37.5 Å². The minimum Gasteiger partial charge on any atom is -0.324 e. The largest absolute Gasteiger partial charge is 0.324 e. The number of hydrogen-bond donors (Lipinski definition) is 0. The molecule has 2 aliphatic carbocycles. The van der Waals surface area contributed by atoms with E-state index in [1.807, 2.05) is 0 Å². The van der Waals surface area contributed by atoms with Crippen molar-refractivity contribution in [2.75, 3.05) is 5.88 Å². The molecule has 2 aromatic rings. The van der Waals surface area contributed by atoms with Crippen molar-refractivity contribution < 1.29 is 4.39 Å². The molecule has 0 atom stereocenters. The number of hydrogen-bond acceptors (Lipinski definition) is 1. The molecule has 1 aromatic heterocycles. The zero-order valence-electron chi connectivity index (χ0n) is 11.7. The van der Waals surface area contributed by atoms with Crippen LogP contribution < -0.4 is 0 Å². The molecule has 0 N–H and O–H groups in total. The molecule has 1 aromatic carbocycles. The third-order valence-electron chi connectivity index (χ3n) is 4.63. The van der Waals surface area contributed by atoms with Crippen LogP contribution in [0.15, 0.2) is 16.6 Å². The second kappa shape index (κ2) is 5.24. The summed E-state index contributed by atoms with van der Waals surface area (Å²) in [6, 6.07) is 3.91. The third-order valence-corrected chi connectivity index (χ3v) is 5.43. The summed E-state index contributed by atoms with van der Waals surface area (Å²) in [5.41, 5.74) is 1.80. The van der Waals surface area contributed by atoms with Gasteiger partial charge in [-0.2, -0.15) is 0 Å². The lowest BCUT2D eigenvalue weighted by molar-refractivity contribution is 0.393. The molecule has 0 amide bonds. The molecule has 0 radical (unpaired) electrons. The number of halogens is 3. The Bertz CT molecular complexity index is 679. The number of imidazole rings is 1. The summed E-state index contributed by atoms with van der Waals surface area (Å²) in [6.07, 6.45) is 5.91. The summed E-state index contributed by atoms with van der Waals surface area (Å²) in [5.74, 6) is 2.84. The Morgan fingerprint density at radius 1 is 1.29 bits per heavy atom. The fourth-order valence-corrected chi connectivity index (χ4v) is 3.92. The Morgan fingerprint density at radius 3 is 2.52 bits per heavy atom. The van der Waals surface area contributed by atoms with Crippen molar-refractivity contribution in [3.8, 4) is 0 Å². The minimum atomic E-state index is -0.216. The van der Waals surface area contributed by atoms with Crippen molar-refractivity contribution in [3.05, 3.63) is 28.2 Å². The van der Waals surface area contributed by atoms with Gasteiger partial charge in [-0.25, -0.2) is 9.37 Å². The van der Waals surface area contributed by atoms with Crippen LogP contribution in [0.2, 0.25) is 0 Å². The van der Waals surface area contributed by atoms with E-state index in [2.05, 4.69) is 20.5 Å². The molecule has 2 fully saturated rings. The molecule has 2 aliphatic rings. The number of nitrogens with zero attached hydrogens (tertiary/aromatic N) is 2. The normalized spacial score (nSPS) is 18.9. The molecule has 5 heteroatoms. The van der Waals surface area contributed by atoms with Gasteiger partial charge in [0, 0.05) is 24.4 Å². The second-order valence-electron chi connectivity index (χ2n) is 6.26. The summed E-state index contributed by atoms with van der Waals surface area (Å²) in [6.45, 7) is 0. The van der Waals surface area contributed by atoms with E-state index in [1.54, 1.807) is 12.1 Å². The lowest BCUT2D eigenvalue weighted by Gasteiger charge is -2.21. The van der Waals surface area contributed by atoms with Crippen molar-refractivity contribution in [3.63, 3.8) is 0 Å². The molecule has 0 aliphatic heterocycles. The van der Waals surface area contributed by atoms with Crippen LogP contribution in [0.25, 0.3) is 11.0 Å². The predicted octanol–water partition coefficient (Wildman–Crippen LogP) is 5.08. The van der Waals surface area contributed by atoms with Crippen molar-refractivity contribution in [1.82, 2.24) is 9.55 Å². The van der Waals surface area contributed by atoms with Gasteiger partial charge < -0.3 is 4.57 Å². The van der Waals surface area contributed by atoms with Gasteiger partial charge in [-0.1, -0.05) is 0 Å². The Balaban J connectivity index is 1.90. The molecular weight excluding hydrogens is 355 g/mol. The van der Waals surface area contributed by atoms with Crippen LogP contribution >= 0.6 is 27.5 Å². The number of rotatable bonds is 5. The highest BCUT2D eigenvalue weighted by Gasteiger charge is 2.43. The number of alkyl halides is 1. The van der Waals surface area contributed by atoms with E-state index >= 15 is 0 Å². The van der Waals surface area contributed by atoms with Crippen LogP contribution in [0, 0.1) is 17.7 Å². The predicted molar refractivity (Wildman–Crippen MR) is 86.3 cm³/mol.